The maximum atomic E-state index is 12.1. The van der Waals surface area contributed by atoms with Gasteiger partial charge >= 0.3 is 0 Å². The Morgan fingerprint density at radius 3 is 2.69 bits per heavy atom. The van der Waals surface area contributed by atoms with Crippen LogP contribution in [0.3, 0.4) is 0 Å². The molecule has 90 valence electrons. The van der Waals surface area contributed by atoms with Gasteiger partial charge in [0.1, 0.15) is 4.90 Å². The molecule has 0 radical (unpaired) electrons. The SMILES string of the molecule is Cc1[nH]nc(CN)c1S(=O)(=O)NC1(C)CC1. The highest BCUT2D eigenvalue weighted by Gasteiger charge is 2.42. The quantitative estimate of drug-likeness (QED) is 0.694. The van der Waals surface area contributed by atoms with E-state index >= 15 is 0 Å². The van der Waals surface area contributed by atoms with Gasteiger partial charge in [-0.15, -0.1) is 0 Å². The second kappa shape index (κ2) is 3.54. The van der Waals surface area contributed by atoms with Gasteiger partial charge in [0, 0.05) is 12.1 Å². The maximum absolute atomic E-state index is 12.1. The smallest absolute Gasteiger partial charge is 0.244 e. The zero-order valence-electron chi connectivity index (χ0n) is 9.37. The molecule has 0 unspecified atom stereocenters. The minimum absolute atomic E-state index is 0.108. The van der Waals surface area contributed by atoms with Gasteiger partial charge in [0.2, 0.25) is 10.0 Å². The Labute approximate surface area is 94.7 Å². The molecule has 1 aromatic rings. The third-order valence-electron chi connectivity index (χ3n) is 2.80. The highest BCUT2D eigenvalue weighted by Crippen LogP contribution is 2.36. The van der Waals surface area contributed by atoms with Gasteiger partial charge in [-0.25, -0.2) is 13.1 Å². The van der Waals surface area contributed by atoms with Crippen LogP contribution >= 0.6 is 0 Å². The predicted molar refractivity (Wildman–Crippen MR) is 59.2 cm³/mol. The summed E-state index contributed by atoms with van der Waals surface area (Å²) in [7, 11) is -3.51. The van der Waals surface area contributed by atoms with Crippen molar-refractivity contribution in [3.63, 3.8) is 0 Å². The molecular weight excluding hydrogens is 228 g/mol. The Morgan fingerprint density at radius 1 is 1.56 bits per heavy atom. The van der Waals surface area contributed by atoms with Crippen molar-refractivity contribution in [1.82, 2.24) is 14.9 Å². The molecule has 1 aliphatic carbocycles. The van der Waals surface area contributed by atoms with E-state index in [0.717, 1.165) is 12.8 Å². The Kier molecular flexibility index (Phi) is 2.56. The van der Waals surface area contributed by atoms with Gasteiger partial charge in [-0.3, -0.25) is 5.10 Å². The van der Waals surface area contributed by atoms with Crippen LogP contribution in [-0.2, 0) is 16.6 Å². The molecule has 1 aliphatic rings. The third kappa shape index (κ3) is 1.98. The first-order chi connectivity index (χ1) is 7.38. The van der Waals surface area contributed by atoms with Crippen molar-refractivity contribution in [2.45, 2.75) is 43.7 Å². The normalized spacial score (nSPS) is 18.7. The van der Waals surface area contributed by atoms with E-state index in [0.29, 0.717) is 11.4 Å². The van der Waals surface area contributed by atoms with Gasteiger partial charge in [-0.1, -0.05) is 0 Å². The summed E-state index contributed by atoms with van der Waals surface area (Å²) in [5.41, 5.74) is 6.09. The molecular formula is C9H16N4O2S. The number of hydrogen-bond acceptors (Lipinski definition) is 4. The van der Waals surface area contributed by atoms with E-state index in [1.807, 2.05) is 6.92 Å². The summed E-state index contributed by atoms with van der Waals surface area (Å²) in [5.74, 6) is 0. The Balaban J connectivity index is 2.38. The molecule has 7 heteroatoms. The molecule has 4 N–H and O–H groups in total. The molecule has 0 saturated heterocycles. The summed E-state index contributed by atoms with van der Waals surface area (Å²) >= 11 is 0. The van der Waals surface area contributed by atoms with Crippen LogP contribution in [0.25, 0.3) is 0 Å². The van der Waals surface area contributed by atoms with Gasteiger partial charge in [-0.2, -0.15) is 5.10 Å². The minimum Gasteiger partial charge on any atom is -0.325 e. The fourth-order valence-corrected chi connectivity index (χ4v) is 3.47. The first-order valence-electron chi connectivity index (χ1n) is 5.16. The Bertz CT molecular complexity index is 502. The van der Waals surface area contributed by atoms with E-state index in [1.54, 1.807) is 6.92 Å². The number of aromatic amines is 1. The molecule has 1 aromatic heterocycles. The van der Waals surface area contributed by atoms with Crippen LogP contribution in [0.15, 0.2) is 4.90 Å². The fraction of sp³-hybridized carbons (Fsp3) is 0.667. The third-order valence-corrected chi connectivity index (χ3v) is 4.64. The molecule has 16 heavy (non-hydrogen) atoms. The first-order valence-corrected chi connectivity index (χ1v) is 6.64. The number of sulfonamides is 1. The van der Waals surface area contributed by atoms with E-state index in [9.17, 15) is 8.42 Å². The van der Waals surface area contributed by atoms with Gasteiger partial charge in [0.05, 0.1) is 11.4 Å². The van der Waals surface area contributed by atoms with Crippen molar-refractivity contribution in [3.05, 3.63) is 11.4 Å². The van der Waals surface area contributed by atoms with Crippen LogP contribution in [0, 0.1) is 6.92 Å². The van der Waals surface area contributed by atoms with Crippen LogP contribution in [0.4, 0.5) is 0 Å². The highest BCUT2D eigenvalue weighted by atomic mass is 32.2. The minimum atomic E-state index is -3.51. The van der Waals surface area contributed by atoms with Gasteiger partial charge in [0.25, 0.3) is 0 Å². The monoisotopic (exact) mass is 244 g/mol. The van der Waals surface area contributed by atoms with Gasteiger partial charge in [-0.05, 0) is 26.7 Å². The van der Waals surface area contributed by atoms with E-state index in [2.05, 4.69) is 14.9 Å². The van der Waals surface area contributed by atoms with Crippen molar-refractivity contribution < 1.29 is 8.42 Å². The number of nitrogens with one attached hydrogen (secondary N) is 2. The molecule has 6 nitrogen and oxygen atoms in total. The molecule has 0 amide bonds. The molecule has 0 aliphatic heterocycles. The van der Waals surface area contributed by atoms with Crippen molar-refractivity contribution >= 4 is 10.0 Å². The summed E-state index contributed by atoms with van der Waals surface area (Å²) in [6.45, 7) is 3.68. The number of aryl methyl sites for hydroxylation is 1. The number of rotatable bonds is 4. The molecule has 1 fully saturated rings. The number of nitrogens with zero attached hydrogens (tertiary/aromatic N) is 1. The molecule has 2 rings (SSSR count). The van der Waals surface area contributed by atoms with Crippen molar-refractivity contribution in [1.29, 1.82) is 0 Å². The molecule has 0 bridgehead atoms. The van der Waals surface area contributed by atoms with Crippen LogP contribution in [0.1, 0.15) is 31.2 Å². The lowest BCUT2D eigenvalue weighted by Crippen LogP contribution is -2.35. The molecule has 1 saturated carbocycles. The highest BCUT2D eigenvalue weighted by molar-refractivity contribution is 7.89. The second-order valence-corrected chi connectivity index (χ2v) is 6.11. The Hall–Kier alpha value is -0.920. The predicted octanol–water partition coefficient (Wildman–Crippen LogP) is 0.00762. The van der Waals surface area contributed by atoms with Gasteiger partial charge < -0.3 is 5.73 Å². The summed E-state index contributed by atoms with van der Waals surface area (Å²) in [6.07, 6.45) is 1.75. The number of H-pyrrole nitrogens is 1. The molecule has 0 aromatic carbocycles. The fourth-order valence-electron chi connectivity index (χ4n) is 1.63. The van der Waals surface area contributed by atoms with Crippen LogP contribution < -0.4 is 10.5 Å². The lowest BCUT2D eigenvalue weighted by Gasteiger charge is -2.12. The van der Waals surface area contributed by atoms with E-state index in [-0.39, 0.29) is 17.0 Å². The molecule has 1 heterocycles. The maximum Gasteiger partial charge on any atom is 0.244 e. The number of hydrogen-bond donors (Lipinski definition) is 3. The van der Waals surface area contributed by atoms with E-state index in [4.69, 9.17) is 5.73 Å². The topological polar surface area (TPSA) is 101 Å². The average molecular weight is 244 g/mol. The van der Waals surface area contributed by atoms with E-state index in [1.165, 1.54) is 0 Å². The van der Waals surface area contributed by atoms with Crippen LogP contribution in [0.2, 0.25) is 0 Å². The average Bonchev–Trinajstić information content (AvgIpc) is 2.76. The molecule has 0 spiro atoms. The summed E-state index contributed by atoms with van der Waals surface area (Å²) in [6, 6.07) is 0. The summed E-state index contributed by atoms with van der Waals surface area (Å²) < 4.78 is 26.9. The van der Waals surface area contributed by atoms with Gasteiger partial charge in [0.15, 0.2) is 0 Å². The number of aromatic nitrogens is 2. The lowest BCUT2D eigenvalue weighted by atomic mass is 10.4. The Morgan fingerprint density at radius 2 is 2.19 bits per heavy atom. The summed E-state index contributed by atoms with van der Waals surface area (Å²) in [5, 5.41) is 6.53. The standard InChI is InChI=1S/C9H16N4O2S/c1-6-8(7(5-10)12-11-6)16(14,15)13-9(2)3-4-9/h13H,3-5,10H2,1-2H3,(H,11,12). The van der Waals surface area contributed by atoms with Crippen LogP contribution in [0.5, 0.6) is 0 Å². The second-order valence-electron chi connectivity index (χ2n) is 4.49. The number of nitrogens with two attached hydrogens (primary N) is 1. The largest absolute Gasteiger partial charge is 0.325 e. The lowest BCUT2D eigenvalue weighted by molar-refractivity contribution is 0.556. The van der Waals surface area contributed by atoms with Crippen molar-refractivity contribution in [2.75, 3.05) is 0 Å². The van der Waals surface area contributed by atoms with Crippen LogP contribution in [-0.4, -0.2) is 24.2 Å². The molecule has 0 atom stereocenters. The first kappa shape index (κ1) is 11.6. The zero-order valence-corrected chi connectivity index (χ0v) is 10.2. The van der Waals surface area contributed by atoms with E-state index < -0.39 is 10.0 Å². The van der Waals surface area contributed by atoms with Crippen molar-refractivity contribution in [2.24, 2.45) is 5.73 Å². The zero-order chi connectivity index (χ0) is 12.0. The summed E-state index contributed by atoms with van der Waals surface area (Å²) in [4.78, 5) is 0.197. The van der Waals surface area contributed by atoms with Crippen molar-refractivity contribution in [3.8, 4) is 0 Å².